The Morgan fingerprint density at radius 1 is 0.700 bits per heavy atom. The van der Waals surface area contributed by atoms with Crippen LogP contribution in [-0.2, 0) is 4.79 Å². The summed E-state index contributed by atoms with van der Waals surface area (Å²) in [5, 5.41) is 0. The van der Waals surface area contributed by atoms with Gasteiger partial charge in [-0.3, -0.25) is 14.6 Å². The Bertz CT molecular complexity index is 1040. The number of carbonyl (C=O) groups is 1. The van der Waals surface area contributed by atoms with Gasteiger partial charge in [-0.05, 0) is 64.8 Å². The number of rotatable bonds is 12. The van der Waals surface area contributed by atoms with Gasteiger partial charge in [-0.1, -0.05) is 25.0 Å². The molecular formula is C33H48N2O5. The van der Waals surface area contributed by atoms with E-state index in [0.717, 1.165) is 49.9 Å². The van der Waals surface area contributed by atoms with E-state index >= 15 is 4.79 Å². The van der Waals surface area contributed by atoms with Crippen molar-refractivity contribution in [3.8, 4) is 23.0 Å². The molecular weight excluding hydrogens is 504 g/mol. The van der Waals surface area contributed by atoms with E-state index in [2.05, 4.69) is 23.6 Å². The van der Waals surface area contributed by atoms with E-state index in [9.17, 15) is 0 Å². The lowest BCUT2D eigenvalue weighted by Gasteiger charge is -2.39. The summed E-state index contributed by atoms with van der Waals surface area (Å²) >= 11 is 0. The average Bonchev–Trinajstić information content (AvgIpc) is 2.99. The second kappa shape index (κ2) is 14.2. The molecule has 0 aromatic heterocycles. The van der Waals surface area contributed by atoms with Crippen molar-refractivity contribution in [1.82, 2.24) is 9.80 Å². The molecule has 0 bridgehead atoms. The van der Waals surface area contributed by atoms with Gasteiger partial charge in [0.05, 0.1) is 40.3 Å². The van der Waals surface area contributed by atoms with Crippen LogP contribution in [0.4, 0.5) is 0 Å². The van der Waals surface area contributed by atoms with Crippen molar-refractivity contribution in [3.05, 3.63) is 47.5 Å². The molecule has 2 aliphatic heterocycles. The van der Waals surface area contributed by atoms with E-state index in [-0.39, 0.29) is 17.6 Å². The minimum Gasteiger partial charge on any atom is -0.497 e. The molecule has 7 heteroatoms. The molecule has 0 N–H and O–H groups in total. The Morgan fingerprint density at radius 3 is 1.48 bits per heavy atom. The molecule has 4 rings (SSSR count). The zero-order chi connectivity index (χ0) is 28.6. The summed E-state index contributed by atoms with van der Waals surface area (Å²) in [5.74, 6) is 2.28. The van der Waals surface area contributed by atoms with Crippen molar-refractivity contribution in [2.75, 3.05) is 54.6 Å². The van der Waals surface area contributed by atoms with Crippen molar-refractivity contribution >= 4 is 5.78 Å². The van der Waals surface area contributed by atoms with Gasteiger partial charge >= 0.3 is 0 Å². The lowest BCUT2D eigenvalue weighted by molar-refractivity contribution is -0.123. The first-order chi connectivity index (χ1) is 19.4. The molecule has 0 spiro atoms. The second-order valence-corrected chi connectivity index (χ2v) is 11.4. The van der Waals surface area contributed by atoms with Crippen molar-refractivity contribution in [2.45, 2.75) is 76.3 Å². The standard InChI is InChI=1S/C33H48N2O5/c1-23-11-7-9-17-34(23)21-29(27-15-13-25(37-3)19-31(27)39-5)33(36)30(22-35-18-10-8-12-24(35)2)28-16-14-26(38-4)20-32(28)40-6/h13-16,19-20,23-24,29-30H,7-12,17-18,21-22H2,1-6H3. The third-order valence-corrected chi connectivity index (χ3v) is 9.03. The largest absolute Gasteiger partial charge is 0.497 e. The molecule has 0 aliphatic carbocycles. The van der Waals surface area contributed by atoms with Gasteiger partial charge in [0.2, 0.25) is 0 Å². The van der Waals surface area contributed by atoms with Gasteiger partial charge in [0, 0.05) is 48.4 Å². The van der Waals surface area contributed by atoms with Crippen LogP contribution < -0.4 is 18.9 Å². The van der Waals surface area contributed by atoms with E-state index in [1.54, 1.807) is 28.4 Å². The van der Waals surface area contributed by atoms with Crippen LogP contribution in [-0.4, -0.2) is 82.3 Å². The average molecular weight is 553 g/mol. The van der Waals surface area contributed by atoms with Crippen molar-refractivity contribution in [3.63, 3.8) is 0 Å². The van der Waals surface area contributed by atoms with Crippen molar-refractivity contribution < 1.29 is 23.7 Å². The highest BCUT2D eigenvalue weighted by Gasteiger charge is 2.37. The molecule has 2 aromatic carbocycles. The third kappa shape index (κ3) is 6.92. The van der Waals surface area contributed by atoms with Gasteiger partial charge in [-0.25, -0.2) is 0 Å². The number of nitrogens with zero attached hydrogens (tertiary/aromatic N) is 2. The number of ether oxygens (including phenoxy) is 4. The summed E-state index contributed by atoms with van der Waals surface area (Å²) in [6.07, 6.45) is 7.10. The number of benzene rings is 2. The summed E-state index contributed by atoms with van der Waals surface area (Å²) < 4.78 is 22.7. The number of hydrogen-bond donors (Lipinski definition) is 0. The Kier molecular flexibility index (Phi) is 10.7. The van der Waals surface area contributed by atoms with Crippen LogP contribution in [0.1, 0.15) is 75.3 Å². The first-order valence-electron chi connectivity index (χ1n) is 14.9. The van der Waals surface area contributed by atoms with Crippen LogP contribution in [0.15, 0.2) is 36.4 Å². The summed E-state index contributed by atoms with van der Waals surface area (Å²) in [5.41, 5.74) is 1.82. The number of piperidine rings is 2. The Labute approximate surface area is 240 Å². The van der Waals surface area contributed by atoms with Crippen LogP contribution in [0.2, 0.25) is 0 Å². The molecule has 2 fully saturated rings. The number of likely N-dealkylation sites (tertiary alicyclic amines) is 2. The smallest absolute Gasteiger partial charge is 0.150 e. The summed E-state index contributed by atoms with van der Waals surface area (Å²) in [6.45, 7) is 7.89. The van der Waals surface area contributed by atoms with Crippen LogP contribution >= 0.6 is 0 Å². The highest BCUT2D eigenvalue weighted by molar-refractivity contribution is 5.93. The minimum atomic E-state index is -0.363. The normalized spacial score (nSPS) is 21.9. The molecule has 40 heavy (non-hydrogen) atoms. The quantitative estimate of drug-likeness (QED) is 0.325. The highest BCUT2D eigenvalue weighted by Crippen LogP contribution is 2.40. The van der Waals surface area contributed by atoms with E-state index in [4.69, 9.17) is 18.9 Å². The molecule has 7 nitrogen and oxygen atoms in total. The van der Waals surface area contributed by atoms with Crippen molar-refractivity contribution in [1.29, 1.82) is 0 Å². The van der Waals surface area contributed by atoms with Crippen LogP contribution in [0.3, 0.4) is 0 Å². The lowest BCUT2D eigenvalue weighted by atomic mass is 9.81. The summed E-state index contributed by atoms with van der Waals surface area (Å²) in [4.78, 5) is 20.0. The third-order valence-electron chi connectivity index (χ3n) is 9.03. The molecule has 4 unspecified atom stereocenters. The van der Waals surface area contributed by atoms with E-state index < -0.39 is 0 Å². The van der Waals surface area contributed by atoms with Gasteiger partial charge in [0.15, 0.2) is 5.78 Å². The highest BCUT2D eigenvalue weighted by atomic mass is 16.5. The fourth-order valence-corrected chi connectivity index (χ4v) is 6.47. The number of Topliss-reactive ketones (excluding diaryl/α,β-unsaturated/α-hetero) is 1. The van der Waals surface area contributed by atoms with E-state index in [0.29, 0.717) is 48.2 Å². The van der Waals surface area contributed by atoms with Crippen LogP contribution in [0, 0.1) is 0 Å². The SMILES string of the molecule is COc1ccc(C(CN2CCCCC2C)C(=O)C(CN2CCCCC2C)c2ccc(OC)cc2OC)c(OC)c1. The fourth-order valence-electron chi connectivity index (χ4n) is 6.47. The zero-order valence-electron chi connectivity index (χ0n) is 25.3. The molecule has 220 valence electrons. The Balaban J connectivity index is 1.80. The first-order valence-corrected chi connectivity index (χ1v) is 14.9. The Hall–Kier alpha value is -2.77. The monoisotopic (exact) mass is 552 g/mol. The molecule has 0 amide bonds. The Morgan fingerprint density at radius 2 is 1.12 bits per heavy atom. The lowest BCUT2D eigenvalue weighted by Crippen LogP contribution is -2.45. The maximum absolute atomic E-state index is 15.0. The van der Waals surface area contributed by atoms with Gasteiger partial charge < -0.3 is 18.9 Å². The van der Waals surface area contributed by atoms with Gasteiger partial charge in [0.1, 0.15) is 23.0 Å². The predicted octanol–water partition coefficient (Wildman–Crippen LogP) is 5.91. The number of carbonyl (C=O) groups excluding carboxylic acids is 1. The molecule has 4 atom stereocenters. The molecule has 2 aliphatic rings. The second-order valence-electron chi connectivity index (χ2n) is 11.4. The number of methoxy groups -OCH3 is 4. The molecule has 2 heterocycles. The molecule has 2 saturated heterocycles. The molecule has 0 radical (unpaired) electrons. The molecule has 2 aromatic rings. The number of ketones is 1. The van der Waals surface area contributed by atoms with E-state index in [1.165, 1.54) is 12.8 Å². The summed E-state index contributed by atoms with van der Waals surface area (Å²) in [7, 11) is 6.64. The number of hydrogen-bond acceptors (Lipinski definition) is 7. The topological polar surface area (TPSA) is 60.5 Å². The zero-order valence-corrected chi connectivity index (χ0v) is 25.3. The molecule has 0 saturated carbocycles. The van der Waals surface area contributed by atoms with Gasteiger partial charge in [-0.15, -0.1) is 0 Å². The van der Waals surface area contributed by atoms with Gasteiger partial charge in [-0.2, -0.15) is 0 Å². The van der Waals surface area contributed by atoms with Crippen LogP contribution in [0.5, 0.6) is 23.0 Å². The van der Waals surface area contributed by atoms with E-state index in [1.807, 2.05) is 36.4 Å². The summed E-state index contributed by atoms with van der Waals surface area (Å²) in [6, 6.07) is 12.6. The van der Waals surface area contributed by atoms with Crippen molar-refractivity contribution in [2.24, 2.45) is 0 Å². The van der Waals surface area contributed by atoms with Crippen LogP contribution in [0.25, 0.3) is 0 Å². The first kappa shape index (κ1) is 30.2. The fraction of sp³-hybridized carbons (Fsp3) is 0.606. The maximum atomic E-state index is 15.0. The maximum Gasteiger partial charge on any atom is 0.150 e. The minimum absolute atomic E-state index is 0.197. The van der Waals surface area contributed by atoms with Gasteiger partial charge in [0.25, 0.3) is 0 Å². The predicted molar refractivity (Wildman–Crippen MR) is 159 cm³/mol.